The molecule has 0 saturated heterocycles. The molecular weight excluding hydrogens is 220 g/mol. The number of carbonyl (C=O) groups is 1. The maximum atomic E-state index is 11.6. The summed E-state index contributed by atoms with van der Waals surface area (Å²) >= 11 is 0. The van der Waals surface area contributed by atoms with Crippen molar-refractivity contribution < 1.29 is 19.7 Å². The molecule has 4 heteroatoms. The summed E-state index contributed by atoms with van der Waals surface area (Å²) in [6.07, 6.45) is 0. The van der Waals surface area contributed by atoms with E-state index in [1.54, 1.807) is 6.92 Å². The first-order chi connectivity index (χ1) is 7.77. The molecule has 0 saturated carbocycles. The number of rotatable bonds is 2. The average molecular weight is 238 g/mol. The highest BCUT2D eigenvalue weighted by Gasteiger charge is 2.23. The van der Waals surface area contributed by atoms with Crippen molar-refractivity contribution in [3.05, 3.63) is 23.3 Å². The number of ether oxygens (including phenoxy) is 1. The summed E-state index contributed by atoms with van der Waals surface area (Å²) < 4.78 is 4.84. The highest BCUT2D eigenvalue weighted by Crippen LogP contribution is 2.35. The standard InChI is InChI=1S/C13H18O4/c1-5-17-12(16)8-6-9(13(2,3)4)11(15)7-10(8)14/h6-7,14-15H,5H2,1-4H3. The van der Waals surface area contributed by atoms with Crippen LogP contribution in [0, 0.1) is 0 Å². The normalized spacial score (nSPS) is 11.3. The molecule has 0 aliphatic heterocycles. The van der Waals surface area contributed by atoms with E-state index in [-0.39, 0.29) is 29.1 Å². The molecule has 1 aromatic rings. The van der Waals surface area contributed by atoms with E-state index < -0.39 is 5.97 Å². The minimum absolute atomic E-state index is 0.0250. The monoisotopic (exact) mass is 238 g/mol. The van der Waals surface area contributed by atoms with E-state index in [1.807, 2.05) is 20.8 Å². The van der Waals surface area contributed by atoms with Crippen molar-refractivity contribution in [2.45, 2.75) is 33.1 Å². The van der Waals surface area contributed by atoms with E-state index in [4.69, 9.17) is 4.74 Å². The molecule has 0 atom stereocenters. The Kier molecular flexibility index (Phi) is 3.66. The van der Waals surface area contributed by atoms with Gasteiger partial charge in [0.1, 0.15) is 17.1 Å². The molecular formula is C13H18O4. The lowest BCUT2D eigenvalue weighted by Crippen LogP contribution is -2.13. The highest BCUT2D eigenvalue weighted by atomic mass is 16.5. The van der Waals surface area contributed by atoms with Gasteiger partial charge in [-0.15, -0.1) is 0 Å². The zero-order valence-electron chi connectivity index (χ0n) is 10.6. The largest absolute Gasteiger partial charge is 0.508 e. The second kappa shape index (κ2) is 4.65. The van der Waals surface area contributed by atoms with Crippen LogP contribution in [0.2, 0.25) is 0 Å². The topological polar surface area (TPSA) is 66.8 Å². The minimum Gasteiger partial charge on any atom is -0.508 e. The lowest BCUT2D eigenvalue weighted by atomic mass is 9.85. The number of esters is 1. The summed E-state index contributed by atoms with van der Waals surface area (Å²) in [5.74, 6) is -0.882. The number of benzene rings is 1. The Balaban J connectivity index is 3.29. The van der Waals surface area contributed by atoms with Gasteiger partial charge in [-0.05, 0) is 18.4 Å². The molecule has 0 aliphatic rings. The van der Waals surface area contributed by atoms with Crippen LogP contribution < -0.4 is 0 Å². The Morgan fingerprint density at radius 3 is 2.29 bits per heavy atom. The Bertz CT molecular complexity index is 430. The fraction of sp³-hybridized carbons (Fsp3) is 0.462. The fourth-order valence-electron chi connectivity index (χ4n) is 1.55. The molecule has 17 heavy (non-hydrogen) atoms. The van der Waals surface area contributed by atoms with Crippen molar-refractivity contribution in [1.82, 2.24) is 0 Å². The van der Waals surface area contributed by atoms with E-state index in [1.165, 1.54) is 12.1 Å². The van der Waals surface area contributed by atoms with Gasteiger partial charge in [0.2, 0.25) is 0 Å². The Hall–Kier alpha value is -1.71. The quantitative estimate of drug-likeness (QED) is 0.777. The van der Waals surface area contributed by atoms with Gasteiger partial charge in [0.25, 0.3) is 0 Å². The third-order valence-corrected chi connectivity index (χ3v) is 2.42. The zero-order chi connectivity index (χ0) is 13.2. The van der Waals surface area contributed by atoms with Crippen LogP contribution in [0.5, 0.6) is 11.5 Å². The SMILES string of the molecule is CCOC(=O)c1cc(C(C)(C)C)c(O)cc1O. The van der Waals surface area contributed by atoms with Gasteiger partial charge in [0.05, 0.1) is 6.61 Å². The molecule has 0 heterocycles. The maximum Gasteiger partial charge on any atom is 0.341 e. The number of phenols is 2. The second-order valence-electron chi connectivity index (χ2n) is 4.86. The van der Waals surface area contributed by atoms with Crippen molar-refractivity contribution in [3.63, 3.8) is 0 Å². The Morgan fingerprint density at radius 2 is 1.82 bits per heavy atom. The number of aromatic hydroxyl groups is 2. The first kappa shape index (κ1) is 13.4. The van der Waals surface area contributed by atoms with Crippen LogP contribution in [0.15, 0.2) is 12.1 Å². The molecule has 2 N–H and O–H groups in total. The number of phenolic OH excluding ortho intramolecular Hbond substituents is 2. The summed E-state index contributed by atoms with van der Waals surface area (Å²) in [4.78, 5) is 11.6. The van der Waals surface area contributed by atoms with Crippen molar-refractivity contribution in [3.8, 4) is 11.5 Å². The molecule has 0 spiro atoms. The molecule has 94 valence electrons. The van der Waals surface area contributed by atoms with Crippen LogP contribution in [0.1, 0.15) is 43.6 Å². The molecule has 0 aliphatic carbocycles. The average Bonchev–Trinajstić information content (AvgIpc) is 2.15. The van der Waals surface area contributed by atoms with Crippen LogP contribution in [0.4, 0.5) is 0 Å². The van der Waals surface area contributed by atoms with Gasteiger partial charge in [0, 0.05) is 11.6 Å². The predicted octanol–water partition coefficient (Wildman–Crippen LogP) is 2.57. The summed E-state index contributed by atoms with van der Waals surface area (Å²) in [5.41, 5.74) is 0.354. The Morgan fingerprint density at radius 1 is 1.24 bits per heavy atom. The van der Waals surface area contributed by atoms with Crippen LogP contribution in [-0.4, -0.2) is 22.8 Å². The van der Waals surface area contributed by atoms with Gasteiger partial charge >= 0.3 is 5.97 Å². The molecule has 0 radical (unpaired) electrons. The number of carbonyl (C=O) groups excluding carboxylic acids is 1. The van der Waals surface area contributed by atoms with Crippen LogP contribution in [0.25, 0.3) is 0 Å². The van der Waals surface area contributed by atoms with E-state index in [9.17, 15) is 15.0 Å². The van der Waals surface area contributed by atoms with Crippen molar-refractivity contribution in [2.24, 2.45) is 0 Å². The molecule has 0 aromatic heterocycles. The first-order valence-electron chi connectivity index (χ1n) is 5.51. The van der Waals surface area contributed by atoms with E-state index in [0.29, 0.717) is 5.56 Å². The van der Waals surface area contributed by atoms with Gasteiger partial charge in [-0.3, -0.25) is 0 Å². The van der Waals surface area contributed by atoms with Crippen molar-refractivity contribution in [2.75, 3.05) is 6.61 Å². The van der Waals surface area contributed by atoms with Crippen LogP contribution in [0.3, 0.4) is 0 Å². The molecule has 4 nitrogen and oxygen atoms in total. The van der Waals surface area contributed by atoms with E-state index >= 15 is 0 Å². The first-order valence-corrected chi connectivity index (χ1v) is 5.51. The maximum absolute atomic E-state index is 11.6. The third kappa shape index (κ3) is 2.90. The lowest BCUT2D eigenvalue weighted by molar-refractivity contribution is 0.0523. The van der Waals surface area contributed by atoms with Gasteiger partial charge < -0.3 is 14.9 Å². The smallest absolute Gasteiger partial charge is 0.341 e. The lowest BCUT2D eigenvalue weighted by Gasteiger charge is -2.21. The summed E-state index contributed by atoms with van der Waals surface area (Å²) in [5, 5.41) is 19.4. The predicted molar refractivity (Wildman–Crippen MR) is 64.4 cm³/mol. The van der Waals surface area contributed by atoms with Crippen LogP contribution in [-0.2, 0) is 10.2 Å². The molecule has 0 unspecified atom stereocenters. The highest BCUT2D eigenvalue weighted by molar-refractivity contribution is 5.93. The van der Waals surface area contributed by atoms with Crippen molar-refractivity contribution >= 4 is 5.97 Å². The third-order valence-electron chi connectivity index (χ3n) is 2.42. The number of hydrogen-bond acceptors (Lipinski definition) is 4. The minimum atomic E-state index is -0.588. The van der Waals surface area contributed by atoms with Crippen molar-refractivity contribution in [1.29, 1.82) is 0 Å². The van der Waals surface area contributed by atoms with Gasteiger partial charge in [-0.25, -0.2) is 4.79 Å². The van der Waals surface area contributed by atoms with E-state index in [0.717, 1.165) is 0 Å². The van der Waals surface area contributed by atoms with Gasteiger partial charge in [0.15, 0.2) is 0 Å². The summed E-state index contributed by atoms with van der Waals surface area (Å²) in [6.45, 7) is 7.67. The molecule has 0 fully saturated rings. The van der Waals surface area contributed by atoms with E-state index in [2.05, 4.69) is 0 Å². The number of hydrogen-bond donors (Lipinski definition) is 2. The molecule has 1 aromatic carbocycles. The van der Waals surface area contributed by atoms with Gasteiger partial charge in [-0.2, -0.15) is 0 Å². The molecule has 0 bridgehead atoms. The Labute approximate surface area is 101 Å². The summed E-state index contributed by atoms with van der Waals surface area (Å²) in [7, 11) is 0. The second-order valence-corrected chi connectivity index (χ2v) is 4.86. The molecule has 1 rings (SSSR count). The fourth-order valence-corrected chi connectivity index (χ4v) is 1.55. The van der Waals surface area contributed by atoms with Gasteiger partial charge in [-0.1, -0.05) is 20.8 Å². The summed E-state index contributed by atoms with van der Waals surface area (Å²) in [6, 6.07) is 2.65. The molecule has 0 amide bonds. The zero-order valence-corrected chi connectivity index (χ0v) is 10.6. The van der Waals surface area contributed by atoms with Crippen LogP contribution >= 0.6 is 0 Å².